The third-order valence-electron chi connectivity index (χ3n) is 8.71. The van der Waals surface area contributed by atoms with Gasteiger partial charge < -0.3 is 14.4 Å². The minimum absolute atomic E-state index is 0.0448. The van der Waals surface area contributed by atoms with Gasteiger partial charge in [-0.1, -0.05) is 54.6 Å². The lowest BCUT2D eigenvalue weighted by Gasteiger charge is -2.45. The number of alkyl halides is 3. The van der Waals surface area contributed by atoms with E-state index in [2.05, 4.69) is 33.7 Å². The number of hydrogen-bond acceptors (Lipinski definition) is 3. The van der Waals surface area contributed by atoms with Crippen LogP contribution < -0.4 is 4.90 Å². The molecule has 1 aromatic heterocycles. The van der Waals surface area contributed by atoms with Crippen LogP contribution in [0.1, 0.15) is 44.7 Å². The summed E-state index contributed by atoms with van der Waals surface area (Å²) in [4.78, 5) is 20.5. The average molecular weight is 573 g/mol. The average Bonchev–Trinajstić information content (AvgIpc) is 3.43. The van der Waals surface area contributed by atoms with E-state index in [-0.39, 0.29) is 17.9 Å². The Hall–Kier alpha value is -4.04. The van der Waals surface area contributed by atoms with Crippen molar-refractivity contribution in [1.82, 2.24) is 14.4 Å². The molecule has 0 spiro atoms. The summed E-state index contributed by atoms with van der Waals surface area (Å²) in [6.45, 7) is 4.09. The van der Waals surface area contributed by atoms with Crippen LogP contribution in [0.25, 0.3) is 0 Å². The molecule has 2 atom stereocenters. The molecule has 2 aliphatic rings. The maximum Gasteiger partial charge on any atom is 0.416 e. The van der Waals surface area contributed by atoms with Gasteiger partial charge in [0.05, 0.1) is 11.6 Å². The lowest BCUT2D eigenvalue weighted by atomic mass is 9.80. The highest BCUT2D eigenvalue weighted by Gasteiger charge is 2.42. The predicted molar refractivity (Wildman–Crippen MR) is 159 cm³/mol. The van der Waals surface area contributed by atoms with Crippen molar-refractivity contribution < 1.29 is 18.0 Å². The molecule has 8 heteroatoms. The van der Waals surface area contributed by atoms with Gasteiger partial charge in [0.2, 0.25) is 0 Å². The minimum Gasteiger partial charge on any atom is -0.369 e. The first-order valence-electron chi connectivity index (χ1n) is 14.5. The number of halogens is 3. The molecule has 1 saturated heterocycles. The third-order valence-corrected chi connectivity index (χ3v) is 8.71. The summed E-state index contributed by atoms with van der Waals surface area (Å²) in [6.07, 6.45) is -1.57. The fourth-order valence-corrected chi connectivity index (χ4v) is 6.51. The first-order chi connectivity index (χ1) is 20.3. The van der Waals surface area contributed by atoms with Crippen molar-refractivity contribution in [1.29, 1.82) is 0 Å². The Balaban J connectivity index is 1.26. The van der Waals surface area contributed by atoms with E-state index in [0.717, 1.165) is 48.9 Å². The zero-order valence-electron chi connectivity index (χ0n) is 23.7. The quantitative estimate of drug-likeness (QED) is 0.257. The van der Waals surface area contributed by atoms with Crippen molar-refractivity contribution >= 4 is 11.6 Å². The number of aryl methyl sites for hydroxylation is 1. The molecule has 0 unspecified atom stereocenters. The Bertz CT molecular complexity index is 1530. The number of anilines is 1. The van der Waals surface area contributed by atoms with Gasteiger partial charge in [-0.15, -0.1) is 0 Å². The highest BCUT2D eigenvalue weighted by Crippen LogP contribution is 2.43. The Morgan fingerprint density at radius 2 is 1.57 bits per heavy atom. The first-order valence-corrected chi connectivity index (χ1v) is 14.5. The molecule has 0 N–H and O–H groups in total. The van der Waals surface area contributed by atoms with Crippen molar-refractivity contribution in [3.8, 4) is 0 Å². The molecular formula is C34H35F3N4O. The fraction of sp³-hybridized carbons (Fsp3) is 0.324. The van der Waals surface area contributed by atoms with Crippen LogP contribution in [-0.4, -0.2) is 59.5 Å². The van der Waals surface area contributed by atoms with Gasteiger partial charge in [-0.25, -0.2) is 0 Å². The Kier molecular flexibility index (Phi) is 7.82. The molecule has 0 radical (unpaired) electrons. The lowest BCUT2D eigenvalue weighted by Crippen LogP contribution is -2.51. The maximum atomic E-state index is 14.0. The van der Waals surface area contributed by atoms with Gasteiger partial charge in [0.1, 0.15) is 0 Å². The second kappa shape index (κ2) is 11.7. The SMILES string of the molecule is Cn1cccc1[C@@H]1[C@@H](CN2CCN(c3cccc(C(F)(F)F)c3)CC2)c2ccccc2C(=O)N1CCc1ccccc1. The van der Waals surface area contributed by atoms with Crippen LogP contribution in [0, 0.1) is 0 Å². The number of fused-ring (bicyclic) bond motifs is 1. The number of rotatable bonds is 7. The van der Waals surface area contributed by atoms with Gasteiger partial charge in [-0.3, -0.25) is 9.69 Å². The standard InChI is InChI=1S/C34H35F3N4O/c1-38-17-8-15-31(38)32-30(24-39-19-21-40(22-20-39)27-12-7-11-26(23-27)34(35,36)37)28-13-5-6-14-29(28)33(42)41(32)18-16-25-9-3-2-4-10-25/h2-15,17,23,30,32H,16,18-22,24H2,1H3/t30-,32-/m0/s1. The van der Waals surface area contributed by atoms with E-state index in [1.54, 1.807) is 6.07 Å². The summed E-state index contributed by atoms with van der Waals surface area (Å²) in [5.74, 6) is 0.0988. The van der Waals surface area contributed by atoms with Crippen molar-refractivity contribution in [2.45, 2.75) is 24.6 Å². The zero-order valence-corrected chi connectivity index (χ0v) is 23.7. The summed E-state index contributed by atoms with van der Waals surface area (Å²) >= 11 is 0. The van der Waals surface area contributed by atoms with Crippen LogP contribution in [0.3, 0.4) is 0 Å². The number of aromatic nitrogens is 1. The fourth-order valence-electron chi connectivity index (χ4n) is 6.51. The van der Waals surface area contributed by atoms with Gasteiger partial charge in [0.15, 0.2) is 0 Å². The molecule has 1 fully saturated rings. The smallest absolute Gasteiger partial charge is 0.369 e. The molecule has 3 heterocycles. The van der Waals surface area contributed by atoms with E-state index in [9.17, 15) is 18.0 Å². The largest absolute Gasteiger partial charge is 0.416 e. The molecule has 0 aliphatic carbocycles. The lowest BCUT2D eigenvalue weighted by molar-refractivity contribution is -0.137. The molecule has 42 heavy (non-hydrogen) atoms. The van der Waals surface area contributed by atoms with E-state index >= 15 is 0 Å². The van der Waals surface area contributed by atoms with Crippen LogP contribution in [0.15, 0.2) is 97.2 Å². The highest BCUT2D eigenvalue weighted by molar-refractivity contribution is 5.97. The number of nitrogens with zero attached hydrogens (tertiary/aromatic N) is 4. The first kappa shape index (κ1) is 28.1. The maximum absolute atomic E-state index is 14.0. The Labute approximate surface area is 244 Å². The molecule has 2 aliphatic heterocycles. The summed E-state index contributed by atoms with van der Waals surface area (Å²) in [7, 11) is 2.03. The van der Waals surface area contributed by atoms with E-state index in [4.69, 9.17) is 0 Å². The van der Waals surface area contributed by atoms with Crippen LogP contribution in [0.5, 0.6) is 0 Å². The highest BCUT2D eigenvalue weighted by atomic mass is 19.4. The van der Waals surface area contributed by atoms with Gasteiger partial charge in [-0.05, 0) is 53.9 Å². The molecule has 0 bridgehead atoms. The third kappa shape index (κ3) is 5.68. The van der Waals surface area contributed by atoms with Crippen LogP contribution in [-0.2, 0) is 19.6 Å². The minimum atomic E-state index is -4.36. The molecule has 5 nitrogen and oxygen atoms in total. The van der Waals surface area contributed by atoms with E-state index in [1.165, 1.54) is 17.7 Å². The van der Waals surface area contributed by atoms with Crippen LogP contribution in [0.4, 0.5) is 18.9 Å². The molecule has 1 amide bonds. The summed E-state index contributed by atoms with van der Waals surface area (Å²) in [6, 6.07) is 27.8. The second-order valence-electron chi connectivity index (χ2n) is 11.3. The number of carbonyl (C=O) groups excluding carboxylic acids is 1. The van der Waals surface area contributed by atoms with Crippen molar-refractivity contribution in [3.63, 3.8) is 0 Å². The van der Waals surface area contributed by atoms with E-state index < -0.39 is 11.7 Å². The zero-order chi connectivity index (χ0) is 29.3. The van der Waals surface area contributed by atoms with Crippen LogP contribution >= 0.6 is 0 Å². The van der Waals surface area contributed by atoms with Crippen LogP contribution in [0.2, 0.25) is 0 Å². The number of hydrogen-bond donors (Lipinski definition) is 0. The molecule has 3 aromatic carbocycles. The Morgan fingerprint density at radius 1 is 0.833 bits per heavy atom. The molecule has 4 aromatic rings. The number of amides is 1. The van der Waals surface area contributed by atoms with Crippen molar-refractivity contribution in [3.05, 3.63) is 125 Å². The van der Waals surface area contributed by atoms with Gasteiger partial charge in [0, 0.05) is 75.4 Å². The number of benzene rings is 3. The normalized spacial score (nSPS) is 19.7. The summed E-state index contributed by atoms with van der Waals surface area (Å²) in [5.41, 5.74) is 4.09. The van der Waals surface area contributed by atoms with E-state index in [1.807, 2.05) is 65.5 Å². The number of piperazine rings is 1. The van der Waals surface area contributed by atoms with Gasteiger partial charge >= 0.3 is 6.18 Å². The van der Waals surface area contributed by atoms with Gasteiger partial charge in [0.25, 0.3) is 5.91 Å². The predicted octanol–water partition coefficient (Wildman–Crippen LogP) is 6.39. The molecule has 0 saturated carbocycles. The van der Waals surface area contributed by atoms with Crippen molar-refractivity contribution in [2.24, 2.45) is 7.05 Å². The molecule has 6 rings (SSSR count). The van der Waals surface area contributed by atoms with Gasteiger partial charge in [-0.2, -0.15) is 13.2 Å². The van der Waals surface area contributed by atoms with E-state index in [0.29, 0.717) is 25.3 Å². The topological polar surface area (TPSA) is 31.7 Å². The summed E-state index contributed by atoms with van der Waals surface area (Å²) in [5, 5.41) is 0. The Morgan fingerprint density at radius 3 is 2.29 bits per heavy atom. The number of carbonyl (C=O) groups is 1. The molecule has 218 valence electrons. The molecular weight excluding hydrogens is 537 g/mol. The van der Waals surface area contributed by atoms with Crippen molar-refractivity contribution in [2.75, 3.05) is 44.2 Å². The second-order valence-corrected chi connectivity index (χ2v) is 11.3. The monoisotopic (exact) mass is 572 g/mol. The summed E-state index contributed by atoms with van der Waals surface area (Å²) < 4.78 is 42.1.